The lowest BCUT2D eigenvalue weighted by Gasteiger charge is -2.17. The van der Waals surface area contributed by atoms with Crippen LogP contribution in [-0.4, -0.2) is 23.7 Å². The zero-order valence-corrected chi connectivity index (χ0v) is 11.7. The lowest BCUT2D eigenvalue weighted by molar-refractivity contribution is -0.125. The van der Waals surface area contributed by atoms with Crippen molar-refractivity contribution in [2.45, 2.75) is 19.1 Å². The lowest BCUT2D eigenvalue weighted by Crippen LogP contribution is -2.45. The standard InChI is InChI=1S/C17H17NO3/c1-12(21-14-10-6-3-7-11-14)16(19)15(18)17(20)13-8-4-2-5-9-13/h2-12,15H,18H2,1H3. The van der Waals surface area contributed by atoms with Gasteiger partial charge in [0.25, 0.3) is 0 Å². The Morgan fingerprint density at radius 1 is 0.952 bits per heavy atom. The Balaban J connectivity index is 2.03. The highest BCUT2D eigenvalue weighted by molar-refractivity contribution is 6.15. The van der Waals surface area contributed by atoms with Crippen molar-refractivity contribution in [2.24, 2.45) is 5.73 Å². The maximum absolute atomic E-state index is 12.2. The number of para-hydroxylation sites is 1. The summed E-state index contributed by atoms with van der Waals surface area (Å²) in [5.74, 6) is -0.269. The third-order valence-electron chi connectivity index (χ3n) is 3.10. The van der Waals surface area contributed by atoms with Crippen LogP contribution in [0.25, 0.3) is 0 Å². The third-order valence-corrected chi connectivity index (χ3v) is 3.10. The number of hydrogen-bond acceptors (Lipinski definition) is 4. The molecule has 0 fully saturated rings. The molecule has 0 saturated carbocycles. The second kappa shape index (κ2) is 6.81. The van der Waals surface area contributed by atoms with Crippen LogP contribution in [0, 0.1) is 0 Å². The van der Waals surface area contributed by atoms with Crippen molar-refractivity contribution in [1.82, 2.24) is 0 Å². The van der Waals surface area contributed by atoms with Crippen molar-refractivity contribution in [3.05, 3.63) is 66.2 Å². The maximum atomic E-state index is 12.2. The normalized spacial score (nSPS) is 13.2. The molecule has 2 atom stereocenters. The number of ketones is 2. The molecule has 0 aromatic heterocycles. The Kier molecular flexibility index (Phi) is 4.85. The molecule has 4 nitrogen and oxygen atoms in total. The number of hydrogen-bond donors (Lipinski definition) is 1. The highest BCUT2D eigenvalue weighted by atomic mass is 16.5. The number of carbonyl (C=O) groups is 2. The summed E-state index contributed by atoms with van der Waals surface area (Å²) in [6.45, 7) is 1.59. The first-order valence-electron chi connectivity index (χ1n) is 6.70. The van der Waals surface area contributed by atoms with Gasteiger partial charge in [0.1, 0.15) is 11.8 Å². The van der Waals surface area contributed by atoms with Crippen LogP contribution in [0.5, 0.6) is 5.75 Å². The molecule has 0 aliphatic rings. The van der Waals surface area contributed by atoms with E-state index in [9.17, 15) is 9.59 Å². The van der Waals surface area contributed by atoms with Crippen LogP contribution in [0.3, 0.4) is 0 Å². The molecule has 0 bridgehead atoms. The quantitative estimate of drug-likeness (QED) is 0.652. The maximum Gasteiger partial charge on any atom is 0.197 e. The fourth-order valence-corrected chi connectivity index (χ4v) is 1.93. The summed E-state index contributed by atoms with van der Waals surface area (Å²) in [5.41, 5.74) is 6.19. The van der Waals surface area contributed by atoms with Crippen LogP contribution < -0.4 is 10.5 Å². The predicted molar refractivity (Wildman–Crippen MR) is 80.3 cm³/mol. The zero-order valence-electron chi connectivity index (χ0n) is 11.7. The second-order valence-electron chi connectivity index (χ2n) is 4.68. The molecule has 2 aromatic carbocycles. The van der Waals surface area contributed by atoms with E-state index in [4.69, 9.17) is 10.5 Å². The van der Waals surface area contributed by atoms with Crippen molar-refractivity contribution >= 4 is 11.6 Å². The minimum atomic E-state index is -1.22. The number of Topliss-reactive ketones (excluding diaryl/α,β-unsaturated/α-hetero) is 2. The SMILES string of the molecule is CC(Oc1ccccc1)C(=O)C(N)C(=O)c1ccccc1. The van der Waals surface area contributed by atoms with Gasteiger partial charge in [-0.15, -0.1) is 0 Å². The van der Waals surface area contributed by atoms with Gasteiger partial charge < -0.3 is 10.5 Å². The van der Waals surface area contributed by atoms with Crippen molar-refractivity contribution in [3.8, 4) is 5.75 Å². The van der Waals surface area contributed by atoms with Crippen molar-refractivity contribution in [1.29, 1.82) is 0 Å². The van der Waals surface area contributed by atoms with Gasteiger partial charge in [-0.3, -0.25) is 9.59 Å². The molecule has 0 heterocycles. The Hall–Kier alpha value is -2.46. The average molecular weight is 283 g/mol. The molecular formula is C17H17NO3. The Bertz CT molecular complexity index is 610. The highest BCUT2D eigenvalue weighted by Gasteiger charge is 2.28. The van der Waals surface area contributed by atoms with E-state index >= 15 is 0 Å². The molecule has 2 aromatic rings. The van der Waals surface area contributed by atoms with E-state index in [0.717, 1.165) is 0 Å². The summed E-state index contributed by atoms with van der Waals surface area (Å²) < 4.78 is 5.50. The molecule has 0 saturated heterocycles. The second-order valence-corrected chi connectivity index (χ2v) is 4.68. The molecular weight excluding hydrogens is 266 g/mol. The van der Waals surface area contributed by atoms with Gasteiger partial charge in [0, 0.05) is 5.56 Å². The van der Waals surface area contributed by atoms with Crippen LogP contribution in [0.1, 0.15) is 17.3 Å². The van der Waals surface area contributed by atoms with Gasteiger partial charge in [0.05, 0.1) is 0 Å². The molecule has 2 N–H and O–H groups in total. The Morgan fingerprint density at radius 2 is 1.48 bits per heavy atom. The average Bonchev–Trinajstić information content (AvgIpc) is 2.54. The van der Waals surface area contributed by atoms with Gasteiger partial charge in [-0.2, -0.15) is 0 Å². The zero-order chi connectivity index (χ0) is 15.2. The number of nitrogens with two attached hydrogens (primary N) is 1. The number of rotatable bonds is 6. The highest BCUT2D eigenvalue weighted by Crippen LogP contribution is 2.12. The fraction of sp³-hybridized carbons (Fsp3) is 0.176. The molecule has 0 radical (unpaired) electrons. The van der Waals surface area contributed by atoms with Crippen LogP contribution >= 0.6 is 0 Å². The van der Waals surface area contributed by atoms with E-state index in [1.165, 1.54) is 0 Å². The lowest BCUT2D eigenvalue weighted by atomic mass is 9.99. The van der Waals surface area contributed by atoms with Crippen molar-refractivity contribution in [3.63, 3.8) is 0 Å². The Morgan fingerprint density at radius 3 is 2.05 bits per heavy atom. The minimum Gasteiger partial charge on any atom is -0.483 e. The molecule has 4 heteroatoms. The fourth-order valence-electron chi connectivity index (χ4n) is 1.93. The summed E-state index contributed by atoms with van der Waals surface area (Å²) in [6, 6.07) is 16.3. The van der Waals surface area contributed by atoms with Crippen LogP contribution in [0.2, 0.25) is 0 Å². The number of benzene rings is 2. The topological polar surface area (TPSA) is 69.4 Å². The smallest absolute Gasteiger partial charge is 0.197 e. The first kappa shape index (κ1) is 14.9. The monoisotopic (exact) mass is 283 g/mol. The molecule has 0 spiro atoms. The van der Waals surface area contributed by atoms with E-state index in [1.807, 2.05) is 18.2 Å². The van der Waals surface area contributed by atoms with Crippen molar-refractivity contribution < 1.29 is 14.3 Å². The van der Waals surface area contributed by atoms with Gasteiger partial charge in [0.2, 0.25) is 0 Å². The van der Waals surface area contributed by atoms with E-state index in [1.54, 1.807) is 49.4 Å². The van der Waals surface area contributed by atoms with Gasteiger partial charge in [-0.1, -0.05) is 48.5 Å². The van der Waals surface area contributed by atoms with Crippen LogP contribution in [0.4, 0.5) is 0 Å². The van der Waals surface area contributed by atoms with Crippen molar-refractivity contribution in [2.75, 3.05) is 0 Å². The number of carbonyl (C=O) groups excluding carboxylic acids is 2. The van der Waals surface area contributed by atoms with E-state index in [2.05, 4.69) is 0 Å². The van der Waals surface area contributed by atoms with Gasteiger partial charge in [-0.05, 0) is 19.1 Å². The molecule has 108 valence electrons. The first-order chi connectivity index (χ1) is 10.1. The van der Waals surface area contributed by atoms with E-state index in [-0.39, 0.29) is 0 Å². The van der Waals surface area contributed by atoms with Crippen LogP contribution in [-0.2, 0) is 4.79 Å². The van der Waals surface area contributed by atoms with Gasteiger partial charge in [-0.25, -0.2) is 0 Å². The molecule has 0 aliphatic heterocycles. The summed E-state index contributed by atoms with van der Waals surface area (Å²) in [6.07, 6.45) is -0.782. The summed E-state index contributed by atoms with van der Waals surface area (Å²) in [7, 11) is 0. The molecule has 0 aliphatic carbocycles. The largest absolute Gasteiger partial charge is 0.483 e. The van der Waals surface area contributed by atoms with Gasteiger partial charge in [0.15, 0.2) is 17.7 Å². The molecule has 2 unspecified atom stereocenters. The summed E-state index contributed by atoms with van der Waals surface area (Å²) in [5, 5.41) is 0. The van der Waals surface area contributed by atoms with Crippen LogP contribution in [0.15, 0.2) is 60.7 Å². The minimum absolute atomic E-state index is 0.399. The molecule has 0 amide bonds. The molecule has 21 heavy (non-hydrogen) atoms. The van der Waals surface area contributed by atoms with Gasteiger partial charge >= 0.3 is 0 Å². The summed E-state index contributed by atoms with van der Waals surface area (Å²) in [4.78, 5) is 24.3. The Labute approximate surface area is 123 Å². The molecule has 2 rings (SSSR count). The third kappa shape index (κ3) is 3.77. The van der Waals surface area contributed by atoms with E-state index < -0.39 is 23.7 Å². The number of ether oxygens (including phenoxy) is 1. The predicted octanol–water partition coefficient (Wildman–Crippen LogP) is 2.23. The first-order valence-corrected chi connectivity index (χ1v) is 6.70. The van der Waals surface area contributed by atoms with E-state index in [0.29, 0.717) is 11.3 Å². The summed E-state index contributed by atoms with van der Waals surface area (Å²) >= 11 is 0.